The van der Waals surface area contributed by atoms with Gasteiger partial charge in [-0.25, -0.2) is 0 Å². The lowest BCUT2D eigenvalue weighted by atomic mass is 9.82. The third-order valence-corrected chi connectivity index (χ3v) is 3.93. The van der Waals surface area contributed by atoms with Crippen LogP contribution in [-0.2, 0) is 0 Å². The van der Waals surface area contributed by atoms with Crippen LogP contribution in [0.25, 0.3) is 0 Å². The van der Waals surface area contributed by atoms with Crippen molar-refractivity contribution in [2.45, 2.75) is 84.6 Å². The summed E-state index contributed by atoms with van der Waals surface area (Å²) in [5.41, 5.74) is 0.558. The van der Waals surface area contributed by atoms with Gasteiger partial charge < -0.3 is 4.80 Å². The molecule has 0 spiro atoms. The Bertz CT molecular complexity index is 146. The molecule has 0 atom stereocenters. The Hall–Kier alpha value is 0.177. The molecule has 0 bridgehead atoms. The summed E-state index contributed by atoms with van der Waals surface area (Å²) in [6, 6.07) is 1.02. The predicted molar refractivity (Wildman–Crippen MR) is 73.8 cm³/mol. The van der Waals surface area contributed by atoms with Gasteiger partial charge in [0.15, 0.2) is 0 Å². The molecule has 96 valence electrons. The molecule has 2 radical (unpaired) electrons. The Kier molecular flexibility index (Phi) is 10.5. The molecule has 1 N–H and O–H groups in total. The van der Waals surface area contributed by atoms with E-state index in [2.05, 4.69) is 20.8 Å². The average Bonchev–Trinajstić information content (AvgIpc) is 2.25. The van der Waals surface area contributed by atoms with Crippen molar-refractivity contribution < 1.29 is 4.80 Å². The molecule has 1 nitrogen and oxygen atoms in total. The number of unbranched alkanes of at least 4 members (excludes halogenated alkanes) is 5. The van der Waals surface area contributed by atoms with Crippen molar-refractivity contribution in [1.82, 2.24) is 0 Å². The van der Waals surface area contributed by atoms with E-state index >= 15 is 0 Å². The molecule has 0 unspecified atom stereocenters. The largest absolute Gasteiger partial charge is 0.432 e. The van der Waals surface area contributed by atoms with Crippen LogP contribution in [0, 0.1) is 5.41 Å². The first-order valence-corrected chi connectivity index (χ1v) is 8.15. The highest BCUT2D eigenvalue weighted by Crippen LogP contribution is 2.29. The van der Waals surface area contributed by atoms with E-state index in [0.29, 0.717) is 5.41 Å². The summed E-state index contributed by atoms with van der Waals surface area (Å²) in [6.45, 7) is 7.10. The molecule has 0 saturated carbocycles. The molecule has 0 aromatic heterocycles. The maximum atomic E-state index is 8.69. The highest BCUT2D eigenvalue weighted by atomic mass is 28.2. The average molecular weight is 242 g/mol. The van der Waals surface area contributed by atoms with Crippen LogP contribution in [0.3, 0.4) is 0 Å². The van der Waals surface area contributed by atoms with E-state index in [0.717, 1.165) is 6.04 Å². The smallest absolute Gasteiger partial charge is 0.224 e. The Labute approximate surface area is 105 Å². The molecule has 0 aliphatic heterocycles. The van der Waals surface area contributed by atoms with Gasteiger partial charge in [0, 0.05) is 0 Å². The van der Waals surface area contributed by atoms with Gasteiger partial charge in [-0.2, -0.15) is 0 Å². The molecular weight excluding hydrogens is 212 g/mol. The Morgan fingerprint density at radius 2 is 1.44 bits per heavy atom. The van der Waals surface area contributed by atoms with Crippen LogP contribution < -0.4 is 0 Å². The standard InChI is InChI=1S/C14H30OSi/c1-4-5-11-14(2,3)12-9-7-6-8-10-13-16-15/h15H,4-13H2,1-3H3. The fourth-order valence-corrected chi connectivity index (χ4v) is 2.53. The van der Waals surface area contributed by atoms with Gasteiger partial charge in [0.05, 0.1) is 0 Å². The lowest BCUT2D eigenvalue weighted by Crippen LogP contribution is -2.10. The summed E-state index contributed by atoms with van der Waals surface area (Å²) in [5, 5.41) is 0. The summed E-state index contributed by atoms with van der Waals surface area (Å²) in [6.07, 6.45) is 12.1. The van der Waals surface area contributed by atoms with E-state index in [-0.39, 0.29) is 9.76 Å². The molecule has 0 aliphatic rings. The molecule has 16 heavy (non-hydrogen) atoms. The zero-order valence-corrected chi connectivity index (χ0v) is 12.5. The maximum absolute atomic E-state index is 8.69. The van der Waals surface area contributed by atoms with Crippen LogP contribution in [0.1, 0.15) is 78.6 Å². The van der Waals surface area contributed by atoms with Gasteiger partial charge in [-0.15, -0.1) is 0 Å². The maximum Gasteiger partial charge on any atom is 0.224 e. The van der Waals surface area contributed by atoms with Gasteiger partial charge in [0.2, 0.25) is 9.76 Å². The Morgan fingerprint density at radius 3 is 2.06 bits per heavy atom. The summed E-state index contributed by atoms with van der Waals surface area (Å²) in [7, 11) is 0.161. The second-order valence-corrected chi connectivity index (χ2v) is 6.51. The van der Waals surface area contributed by atoms with E-state index in [9.17, 15) is 0 Å². The third-order valence-electron chi connectivity index (χ3n) is 3.35. The first kappa shape index (κ1) is 16.2. The van der Waals surface area contributed by atoms with Gasteiger partial charge in [-0.3, -0.25) is 0 Å². The lowest BCUT2D eigenvalue weighted by Gasteiger charge is -2.24. The molecule has 0 aromatic rings. The third kappa shape index (κ3) is 10.7. The van der Waals surface area contributed by atoms with Crippen molar-refractivity contribution in [3.63, 3.8) is 0 Å². The minimum absolute atomic E-state index is 0.161. The normalized spacial score (nSPS) is 12.0. The molecule has 0 heterocycles. The number of hydrogen-bond acceptors (Lipinski definition) is 1. The van der Waals surface area contributed by atoms with Gasteiger partial charge in [-0.05, 0) is 24.3 Å². The van der Waals surface area contributed by atoms with Gasteiger partial charge in [-0.1, -0.05) is 65.7 Å². The van der Waals surface area contributed by atoms with E-state index < -0.39 is 0 Å². The SMILES string of the molecule is CCCCC(C)(C)CCCCCCC[Si]O. The molecule has 0 fully saturated rings. The minimum atomic E-state index is 0.161. The number of hydrogen-bond donors (Lipinski definition) is 1. The quantitative estimate of drug-likeness (QED) is 0.415. The first-order chi connectivity index (χ1) is 7.62. The van der Waals surface area contributed by atoms with Crippen molar-refractivity contribution >= 4 is 9.76 Å². The lowest BCUT2D eigenvalue weighted by molar-refractivity contribution is 0.285. The van der Waals surface area contributed by atoms with Crippen LogP contribution >= 0.6 is 0 Å². The molecule has 2 heteroatoms. The van der Waals surface area contributed by atoms with Gasteiger partial charge in [0.25, 0.3) is 0 Å². The Balaban J connectivity index is 3.29. The van der Waals surface area contributed by atoms with E-state index in [1.807, 2.05) is 0 Å². The highest BCUT2D eigenvalue weighted by Gasteiger charge is 2.15. The zero-order chi connectivity index (χ0) is 12.3. The van der Waals surface area contributed by atoms with E-state index in [4.69, 9.17) is 4.80 Å². The van der Waals surface area contributed by atoms with Crippen LogP contribution in [0.5, 0.6) is 0 Å². The topological polar surface area (TPSA) is 20.2 Å². The summed E-state index contributed by atoms with van der Waals surface area (Å²) >= 11 is 0. The molecule has 0 saturated heterocycles. The van der Waals surface area contributed by atoms with E-state index in [1.165, 1.54) is 57.8 Å². The van der Waals surface area contributed by atoms with Crippen molar-refractivity contribution in [3.8, 4) is 0 Å². The van der Waals surface area contributed by atoms with Crippen molar-refractivity contribution in [2.75, 3.05) is 0 Å². The molecule has 0 rings (SSSR count). The first-order valence-electron chi connectivity index (χ1n) is 6.99. The monoisotopic (exact) mass is 242 g/mol. The van der Waals surface area contributed by atoms with Crippen LogP contribution in [0.15, 0.2) is 0 Å². The fourth-order valence-electron chi connectivity index (χ4n) is 2.12. The summed E-state index contributed by atoms with van der Waals surface area (Å²) < 4.78 is 0. The summed E-state index contributed by atoms with van der Waals surface area (Å²) in [4.78, 5) is 8.69. The molecular formula is C14H30OSi. The second kappa shape index (κ2) is 10.3. The van der Waals surface area contributed by atoms with Crippen LogP contribution in [0.4, 0.5) is 0 Å². The van der Waals surface area contributed by atoms with E-state index in [1.54, 1.807) is 0 Å². The predicted octanol–water partition coefficient (Wildman–Crippen LogP) is 4.57. The summed E-state index contributed by atoms with van der Waals surface area (Å²) in [5.74, 6) is 0. The molecule has 0 aromatic carbocycles. The number of rotatable bonds is 11. The molecule has 0 amide bonds. The van der Waals surface area contributed by atoms with Crippen LogP contribution in [0.2, 0.25) is 6.04 Å². The zero-order valence-electron chi connectivity index (χ0n) is 11.5. The minimum Gasteiger partial charge on any atom is -0.432 e. The van der Waals surface area contributed by atoms with Crippen molar-refractivity contribution in [3.05, 3.63) is 0 Å². The second-order valence-electron chi connectivity index (χ2n) is 5.69. The van der Waals surface area contributed by atoms with Gasteiger partial charge >= 0.3 is 0 Å². The van der Waals surface area contributed by atoms with Crippen molar-refractivity contribution in [2.24, 2.45) is 5.41 Å². The Morgan fingerprint density at radius 1 is 0.875 bits per heavy atom. The van der Waals surface area contributed by atoms with Crippen LogP contribution in [-0.4, -0.2) is 14.6 Å². The molecule has 0 aliphatic carbocycles. The van der Waals surface area contributed by atoms with Gasteiger partial charge in [0.1, 0.15) is 0 Å². The highest BCUT2D eigenvalue weighted by molar-refractivity contribution is 6.25. The fraction of sp³-hybridized carbons (Fsp3) is 1.00. The van der Waals surface area contributed by atoms with Crippen molar-refractivity contribution in [1.29, 1.82) is 0 Å².